The van der Waals surface area contributed by atoms with Crippen LogP contribution in [0.15, 0.2) is 24.3 Å². The van der Waals surface area contributed by atoms with Gasteiger partial charge in [-0.05, 0) is 49.6 Å². The molecule has 1 aliphatic rings. The zero-order chi connectivity index (χ0) is 11.1. The van der Waals surface area contributed by atoms with Crippen LogP contribution >= 0.6 is 11.6 Å². The molecule has 0 bridgehead atoms. The molecule has 0 radical (unpaired) electrons. The summed E-state index contributed by atoms with van der Waals surface area (Å²) in [7, 11) is 0. The molecule has 0 saturated carbocycles. The van der Waals surface area contributed by atoms with Gasteiger partial charge in [0.1, 0.15) is 0 Å². The van der Waals surface area contributed by atoms with Crippen LogP contribution in [0.4, 0.5) is 0 Å². The number of fused-ring (bicyclic) bond motifs is 3. The molecule has 0 fully saturated rings. The maximum absolute atomic E-state index is 6.01. The molecule has 2 N–H and O–H groups in total. The van der Waals surface area contributed by atoms with Crippen molar-refractivity contribution < 1.29 is 0 Å². The first-order valence-electron chi connectivity index (χ1n) is 5.75. The van der Waals surface area contributed by atoms with Crippen LogP contribution in [0.2, 0.25) is 5.02 Å². The predicted molar refractivity (Wildman–Crippen MR) is 67.8 cm³/mol. The Bertz CT molecular complexity index is 530. The highest BCUT2D eigenvalue weighted by atomic mass is 35.5. The second kappa shape index (κ2) is 3.79. The lowest BCUT2D eigenvalue weighted by Gasteiger charge is -2.23. The molecule has 1 aromatic heterocycles. The molecule has 0 spiro atoms. The van der Waals surface area contributed by atoms with Gasteiger partial charge in [-0.2, -0.15) is 0 Å². The molecule has 3 heteroatoms. The van der Waals surface area contributed by atoms with E-state index in [9.17, 15) is 0 Å². The van der Waals surface area contributed by atoms with Crippen molar-refractivity contribution >= 4 is 22.5 Å². The van der Waals surface area contributed by atoms with Crippen molar-refractivity contribution in [2.45, 2.75) is 19.4 Å². The van der Waals surface area contributed by atoms with E-state index in [2.05, 4.69) is 16.7 Å². The lowest BCUT2D eigenvalue weighted by Crippen LogP contribution is -2.24. The fourth-order valence-electron chi connectivity index (χ4n) is 2.64. The van der Waals surface area contributed by atoms with Crippen LogP contribution in [0.25, 0.3) is 10.9 Å². The minimum atomic E-state index is 0.646. The first kappa shape index (κ1) is 10.2. The second-order valence-electron chi connectivity index (χ2n) is 4.58. The van der Waals surface area contributed by atoms with E-state index in [0.717, 1.165) is 24.5 Å². The summed E-state index contributed by atoms with van der Waals surface area (Å²) in [6.07, 6.45) is 2.29. The lowest BCUT2D eigenvalue weighted by atomic mass is 9.96. The number of aryl methyl sites for hydroxylation is 1. The van der Waals surface area contributed by atoms with E-state index < -0.39 is 0 Å². The average Bonchev–Trinajstić information content (AvgIpc) is 2.64. The second-order valence-corrected chi connectivity index (χ2v) is 5.02. The number of nitrogens with zero attached hydrogens (tertiary/aromatic N) is 1. The van der Waals surface area contributed by atoms with Crippen LogP contribution in [-0.2, 0) is 13.0 Å². The highest BCUT2D eigenvalue weighted by molar-refractivity contribution is 6.31. The van der Waals surface area contributed by atoms with Crippen LogP contribution in [0.5, 0.6) is 0 Å². The third-order valence-corrected chi connectivity index (χ3v) is 3.78. The molecular formula is C13H15ClN2. The summed E-state index contributed by atoms with van der Waals surface area (Å²) in [5.74, 6) is 0.646. The molecular weight excluding hydrogens is 220 g/mol. The van der Waals surface area contributed by atoms with Crippen LogP contribution in [0.1, 0.15) is 12.1 Å². The molecule has 0 amide bonds. The zero-order valence-corrected chi connectivity index (χ0v) is 9.87. The Balaban J connectivity index is 2.12. The van der Waals surface area contributed by atoms with Crippen molar-refractivity contribution in [3.05, 3.63) is 35.0 Å². The van der Waals surface area contributed by atoms with Crippen LogP contribution < -0.4 is 5.73 Å². The van der Waals surface area contributed by atoms with Crippen LogP contribution in [0, 0.1) is 5.92 Å². The molecule has 16 heavy (non-hydrogen) atoms. The van der Waals surface area contributed by atoms with Gasteiger partial charge < -0.3 is 10.3 Å². The summed E-state index contributed by atoms with van der Waals surface area (Å²) in [6.45, 7) is 1.88. The zero-order valence-electron chi connectivity index (χ0n) is 9.12. The van der Waals surface area contributed by atoms with E-state index in [1.54, 1.807) is 0 Å². The monoisotopic (exact) mass is 234 g/mol. The fourth-order valence-corrected chi connectivity index (χ4v) is 2.82. The van der Waals surface area contributed by atoms with Crippen molar-refractivity contribution in [1.29, 1.82) is 0 Å². The molecule has 3 rings (SSSR count). The van der Waals surface area contributed by atoms with Gasteiger partial charge in [0.05, 0.1) is 0 Å². The molecule has 2 nitrogen and oxygen atoms in total. The van der Waals surface area contributed by atoms with Crippen molar-refractivity contribution in [2.75, 3.05) is 6.54 Å². The van der Waals surface area contributed by atoms with E-state index in [1.165, 1.54) is 23.0 Å². The van der Waals surface area contributed by atoms with E-state index in [0.29, 0.717) is 5.92 Å². The topological polar surface area (TPSA) is 30.9 Å². The minimum absolute atomic E-state index is 0.646. The van der Waals surface area contributed by atoms with Crippen molar-refractivity contribution in [1.82, 2.24) is 4.57 Å². The highest BCUT2D eigenvalue weighted by Gasteiger charge is 2.19. The number of rotatable bonds is 1. The summed E-state index contributed by atoms with van der Waals surface area (Å²) < 4.78 is 2.40. The molecule has 2 heterocycles. The van der Waals surface area contributed by atoms with E-state index in [-0.39, 0.29) is 0 Å². The van der Waals surface area contributed by atoms with E-state index in [4.69, 9.17) is 17.3 Å². The molecule has 1 aromatic carbocycles. The smallest absolute Gasteiger partial charge is 0.0483 e. The summed E-state index contributed by atoms with van der Waals surface area (Å²) >= 11 is 6.01. The largest absolute Gasteiger partial charge is 0.345 e. The Labute approximate surface area is 100.0 Å². The number of nitrogens with two attached hydrogens (primary N) is 1. The number of benzene rings is 1. The molecule has 1 unspecified atom stereocenters. The SMILES string of the molecule is NCC1CCn2c(cc3cc(Cl)ccc32)C1. The Kier molecular flexibility index (Phi) is 2.41. The number of hydrogen-bond acceptors (Lipinski definition) is 1. The molecule has 0 aliphatic carbocycles. The summed E-state index contributed by atoms with van der Waals surface area (Å²) in [5, 5.41) is 2.06. The van der Waals surface area contributed by atoms with Gasteiger partial charge in [0.2, 0.25) is 0 Å². The molecule has 84 valence electrons. The van der Waals surface area contributed by atoms with Gasteiger partial charge in [-0.3, -0.25) is 0 Å². The molecule has 2 aromatic rings. The maximum Gasteiger partial charge on any atom is 0.0483 e. The lowest BCUT2D eigenvalue weighted by molar-refractivity contribution is 0.402. The number of halogens is 1. The number of aromatic nitrogens is 1. The average molecular weight is 235 g/mol. The van der Waals surface area contributed by atoms with Crippen molar-refractivity contribution in [3.63, 3.8) is 0 Å². The Hall–Kier alpha value is -0.990. The molecule has 0 saturated heterocycles. The van der Waals surface area contributed by atoms with Gasteiger partial charge in [-0.15, -0.1) is 0 Å². The highest BCUT2D eigenvalue weighted by Crippen LogP contribution is 2.29. The van der Waals surface area contributed by atoms with Gasteiger partial charge in [-0.1, -0.05) is 11.6 Å². The summed E-state index contributed by atoms with van der Waals surface area (Å²) in [6, 6.07) is 8.37. The Morgan fingerprint density at radius 3 is 3.06 bits per heavy atom. The maximum atomic E-state index is 6.01. The standard InChI is InChI=1S/C13H15ClN2/c14-11-1-2-13-10(6-11)7-12-5-9(8-15)3-4-16(12)13/h1-2,6-7,9H,3-5,8,15H2. The third kappa shape index (κ3) is 1.53. The predicted octanol–water partition coefficient (Wildman–Crippen LogP) is 2.82. The van der Waals surface area contributed by atoms with E-state index >= 15 is 0 Å². The normalized spacial score (nSPS) is 20.0. The Morgan fingerprint density at radius 2 is 2.25 bits per heavy atom. The van der Waals surface area contributed by atoms with Crippen LogP contribution in [-0.4, -0.2) is 11.1 Å². The van der Waals surface area contributed by atoms with Crippen molar-refractivity contribution in [2.24, 2.45) is 11.7 Å². The summed E-state index contributed by atoms with van der Waals surface area (Å²) in [4.78, 5) is 0. The number of hydrogen-bond donors (Lipinski definition) is 1. The van der Waals surface area contributed by atoms with Gasteiger partial charge in [-0.25, -0.2) is 0 Å². The minimum Gasteiger partial charge on any atom is -0.345 e. The van der Waals surface area contributed by atoms with Crippen molar-refractivity contribution in [3.8, 4) is 0 Å². The van der Waals surface area contributed by atoms with Gasteiger partial charge >= 0.3 is 0 Å². The van der Waals surface area contributed by atoms with Gasteiger partial charge in [0, 0.05) is 28.2 Å². The first-order valence-corrected chi connectivity index (χ1v) is 6.13. The van der Waals surface area contributed by atoms with Gasteiger partial charge in [0.25, 0.3) is 0 Å². The van der Waals surface area contributed by atoms with Crippen LogP contribution in [0.3, 0.4) is 0 Å². The quantitative estimate of drug-likeness (QED) is 0.808. The van der Waals surface area contributed by atoms with Gasteiger partial charge in [0.15, 0.2) is 0 Å². The Morgan fingerprint density at radius 1 is 1.38 bits per heavy atom. The fraction of sp³-hybridized carbons (Fsp3) is 0.385. The molecule has 1 aliphatic heterocycles. The third-order valence-electron chi connectivity index (χ3n) is 3.54. The first-order chi connectivity index (χ1) is 7.78. The summed E-state index contributed by atoms with van der Waals surface area (Å²) in [5.41, 5.74) is 8.45. The van der Waals surface area contributed by atoms with E-state index in [1.807, 2.05) is 12.1 Å². The molecule has 1 atom stereocenters.